The molecule has 0 N–H and O–H groups in total. The van der Waals surface area contributed by atoms with Crippen LogP contribution in [-0.4, -0.2) is 53.2 Å². The Labute approximate surface area is 209 Å². The number of hydrogen-bond donors (Lipinski definition) is 0. The molecule has 1 aromatic carbocycles. The quantitative estimate of drug-likeness (QED) is 0.465. The first-order valence-corrected chi connectivity index (χ1v) is 13.5. The van der Waals surface area contributed by atoms with Gasteiger partial charge in [-0.1, -0.05) is 30.3 Å². The fourth-order valence-electron chi connectivity index (χ4n) is 6.39. The van der Waals surface area contributed by atoms with Crippen LogP contribution in [0.1, 0.15) is 60.4 Å². The van der Waals surface area contributed by atoms with Gasteiger partial charge in [-0.05, 0) is 86.7 Å². The fourth-order valence-corrected chi connectivity index (χ4v) is 7.40. The highest BCUT2D eigenvalue weighted by Gasteiger charge is 2.67. The minimum atomic E-state index is -1.62. The number of hydrogen-bond acceptors (Lipinski definition) is 7. The first-order valence-electron chi connectivity index (χ1n) is 12.6. The average Bonchev–Trinajstić information content (AvgIpc) is 3.52. The Morgan fingerprint density at radius 1 is 1.00 bits per heavy atom. The number of rotatable bonds is 5. The van der Waals surface area contributed by atoms with E-state index in [0.29, 0.717) is 18.8 Å². The van der Waals surface area contributed by atoms with Crippen molar-refractivity contribution in [3.8, 4) is 0 Å². The summed E-state index contributed by atoms with van der Waals surface area (Å²) < 4.78 is 10.9. The first-order chi connectivity index (χ1) is 17.0. The third kappa shape index (κ3) is 3.96. The van der Waals surface area contributed by atoms with E-state index in [0.717, 1.165) is 31.6 Å². The standard InChI is InChI=1S/C27H30N2O5S/c30-23-24(31)34-27(33-23)18-26(25(32)29(27)17-19-5-2-1-3-6-19)11-14-28(15-12-26)13-9-20-7-4-8-22-21(20)10-16-35-22/h1-3,5-6,10,16,20H,4,7-9,11-15,17-18H2. The van der Waals surface area contributed by atoms with Crippen molar-refractivity contribution in [3.63, 3.8) is 0 Å². The molecule has 4 aliphatic rings. The van der Waals surface area contributed by atoms with Gasteiger partial charge in [-0.3, -0.25) is 9.69 Å². The third-order valence-electron chi connectivity index (χ3n) is 8.31. The third-order valence-corrected chi connectivity index (χ3v) is 9.31. The summed E-state index contributed by atoms with van der Waals surface area (Å²) in [4.78, 5) is 43.3. The van der Waals surface area contributed by atoms with Crippen LogP contribution in [-0.2, 0) is 36.8 Å². The molecule has 184 valence electrons. The molecule has 0 saturated carbocycles. The molecule has 35 heavy (non-hydrogen) atoms. The van der Waals surface area contributed by atoms with Gasteiger partial charge < -0.3 is 14.4 Å². The smallest absolute Gasteiger partial charge is 0.395 e. The van der Waals surface area contributed by atoms with E-state index in [2.05, 4.69) is 16.3 Å². The van der Waals surface area contributed by atoms with E-state index in [9.17, 15) is 14.4 Å². The molecule has 6 rings (SSSR count). The van der Waals surface area contributed by atoms with Crippen molar-refractivity contribution in [2.45, 2.75) is 63.3 Å². The van der Waals surface area contributed by atoms with E-state index in [4.69, 9.17) is 9.47 Å². The van der Waals surface area contributed by atoms with Gasteiger partial charge in [0, 0.05) is 4.88 Å². The minimum absolute atomic E-state index is 0.0845. The zero-order valence-electron chi connectivity index (χ0n) is 19.7. The van der Waals surface area contributed by atoms with Gasteiger partial charge in [0.2, 0.25) is 5.91 Å². The summed E-state index contributed by atoms with van der Waals surface area (Å²) in [7, 11) is 0. The highest BCUT2D eigenvalue weighted by Crippen LogP contribution is 2.52. The zero-order chi connectivity index (χ0) is 24.0. The van der Waals surface area contributed by atoms with Crippen molar-refractivity contribution in [1.82, 2.24) is 9.80 Å². The molecule has 1 unspecified atom stereocenters. The lowest BCUT2D eigenvalue weighted by atomic mass is 9.76. The maximum absolute atomic E-state index is 13.8. The Bertz CT molecular complexity index is 1120. The second-order valence-corrected chi connectivity index (χ2v) is 11.3. The van der Waals surface area contributed by atoms with Gasteiger partial charge in [-0.15, -0.1) is 11.3 Å². The van der Waals surface area contributed by atoms with E-state index in [1.165, 1.54) is 24.2 Å². The zero-order valence-corrected chi connectivity index (χ0v) is 20.6. The molecule has 8 heteroatoms. The molecule has 2 aromatic rings. The summed E-state index contributed by atoms with van der Waals surface area (Å²) in [5.74, 6) is -3.12. The van der Waals surface area contributed by atoms with Gasteiger partial charge in [0.25, 0.3) is 0 Å². The summed E-state index contributed by atoms with van der Waals surface area (Å²) in [6, 6.07) is 11.8. The van der Waals surface area contributed by atoms with Crippen molar-refractivity contribution >= 4 is 29.2 Å². The topological polar surface area (TPSA) is 76.2 Å². The Balaban J connectivity index is 1.15. The molecule has 4 heterocycles. The molecule has 7 nitrogen and oxygen atoms in total. The summed E-state index contributed by atoms with van der Waals surface area (Å²) >= 11 is 1.89. The summed E-state index contributed by atoms with van der Waals surface area (Å²) in [5, 5.41) is 2.22. The van der Waals surface area contributed by atoms with Gasteiger partial charge >= 0.3 is 17.8 Å². The normalized spacial score (nSPS) is 25.2. The van der Waals surface area contributed by atoms with Gasteiger partial charge in [0.1, 0.15) is 0 Å². The molecule has 1 aromatic heterocycles. The van der Waals surface area contributed by atoms with Crippen molar-refractivity contribution in [2.75, 3.05) is 19.6 Å². The maximum atomic E-state index is 13.8. The Kier molecular flexibility index (Phi) is 5.68. The van der Waals surface area contributed by atoms with Crippen LogP contribution in [0.5, 0.6) is 0 Å². The van der Waals surface area contributed by atoms with E-state index in [1.807, 2.05) is 41.7 Å². The second kappa shape index (κ2) is 8.75. The monoisotopic (exact) mass is 494 g/mol. The molecule has 3 fully saturated rings. The molecule has 1 aliphatic carbocycles. The van der Waals surface area contributed by atoms with Crippen LogP contribution in [0.2, 0.25) is 0 Å². The number of carbonyl (C=O) groups excluding carboxylic acids is 3. The molecule has 3 aliphatic heterocycles. The molecule has 1 amide bonds. The van der Waals surface area contributed by atoms with Crippen LogP contribution >= 0.6 is 11.3 Å². The molecular formula is C27H30N2O5S. The second-order valence-electron chi connectivity index (χ2n) is 10.3. The van der Waals surface area contributed by atoms with Gasteiger partial charge in [0.05, 0.1) is 18.4 Å². The number of nitrogens with zero attached hydrogens (tertiary/aromatic N) is 2. The lowest BCUT2D eigenvalue weighted by Crippen LogP contribution is -2.47. The number of fused-ring (bicyclic) bond motifs is 1. The number of aryl methyl sites for hydroxylation is 1. The fraction of sp³-hybridized carbons (Fsp3) is 0.519. The first kappa shape index (κ1) is 22.7. The molecule has 0 radical (unpaired) electrons. The lowest BCUT2D eigenvalue weighted by molar-refractivity contribution is -0.236. The molecule has 3 saturated heterocycles. The largest absolute Gasteiger partial charge is 0.422 e. The van der Waals surface area contributed by atoms with Crippen molar-refractivity contribution in [1.29, 1.82) is 0 Å². The number of benzene rings is 1. The van der Waals surface area contributed by atoms with Crippen LogP contribution in [0, 0.1) is 5.41 Å². The summed E-state index contributed by atoms with van der Waals surface area (Å²) in [6.07, 6.45) is 6.43. The average molecular weight is 495 g/mol. The molecule has 2 spiro atoms. The predicted molar refractivity (Wildman–Crippen MR) is 129 cm³/mol. The summed E-state index contributed by atoms with van der Waals surface area (Å²) in [6.45, 7) is 2.88. The van der Waals surface area contributed by atoms with Crippen molar-refractivity contribution in [2.24, 2.45) is 5.41 Å². The number of esters is 2. The number of likely N-dealkylation sites (tertiary alicyclic amines) is 2. The van der Waals surface area contributed by atoms with E-state index >= 15 is 0 Å². The van der Waals surface area contributed by atoms with Crippen LogP contribution in [0.25, 0.3) is 0 Å². The van der Waals surface area contributed by atoms with Crippen LogP contribution in [0.15, 0.2) is 41.8 Å². The van der Waals surface area contributed by atoms with Crippen molar-refractivity contribution in [3.05, 3.63) is 57.8 Å². The Hall–Kier alpha value is -2.71. The maximum Gasteiger partial charge on any atom is 0.422 e. The van der Waals surface area contributed by atoms with E-state index < -0.39 is 23.3 Å². The highest BCUT2D eigenvalue weighted by molar-refractivity contribution is 7.10. The van der Waals surface area contributed by atoms with Gasteiger partial charge in [-0.2, -0.15) is 0 Å². The van der Waals surface area contributed by atoms with Gasteiger partial charge in [0.15, 0.2) is 0 Å². The van der Waals surface area contributed by atoms with Crippen LogP contribution in [0.3, 0.4) is 0 Å². The van der Waals surface area contributed by atoms with Crippen LogP contribution < -0.4 is 0 Å². The van der Waals surface area contributed by atoms with Gasteiger partial charge in [-0.25, -0.2) is 9.59 Å². The summed E-state index contributed by atoms with van der Waals surface area (Å²) in [5.41, 5.74) is 1.76. The number of amides is 1. The predicted octanol–water partition coefficient (Wildman–Crippen LogP) is 3.83. The minimum Gasteiger partial charge on any atom is -0.395 e. The lowest BCUT2D eigenvalue weighted by Gasteiger charge is -2.38. The number of piperidine rings is 1. The number of thiophene rings is 1. The molecular weight excluding hydrogens is 464 g/mol. The van der Waals surface area contributed by atoms with E-state index in [1.54, 1.807) is 10.4 Å². The van der Waals surface area contributed by atoms with E-state index in [-0.39, 0.29) is 18.9 Å². The molecule has 1 atom stereocenters. The molecule has 0 bridgehead atoms. The number of carbonyl (C=O) groups is 3. The van der Waals surface area contributed by atoms with Crippen molar-refractivity contribution < 1.29 is 23.9 Å². The van der Waals surface area contributed by atoms with Crippen LogP contribution in [0.4, 0.5) is 0 Å². The Morgan fingerprint density at radius 2 is 1.74 bits per heavy atom. The SMILES string of the molecule is O=C1OC2(CC3(CCN(CCC4CCCc5sccc54)CC3)C(=O)N2Cc2ccccc2)OC1=O. The number of ether oxygens (including phenoxy) is 2. The Morgan fingerprint density at radius 3 is 2.49 bits per heavy atom. The highest BCUT2D eigenvalue weighted by atomic mass is 32.1.